The summed E-state index contributed by atoms with van der Waals surface area (Å²) in [6.07, 6.45) is 1.82. The summed E-state index contributed by atoms with van der Waals surface area (Å²) < 4.78 is 19.4. The van der Waals surface area contributed by atoms with Crippen molar-refractivity contribution in [3.63, 3.8) is 0 Å². The van der Waals surface area contributed by atoms with Gasteiger partial charge < -0.3 is 19.1 Å². The van der Waals surface area contributed by atoms with E-state index in [-0.39, 0.29) is 12.2 Å². The molecule has 0 saturated heterocycles. The van der Waals surface area contributed by atoms with E-state index in [1.807, 2.05) is 85.7 Å². The van der Waals surface area contributed by atoms with Gasteiger partial charge in [-0.3, -0.25) is 9.36 Å². The summed E-state index contributed by atoms with van der Waals surface area (Å²) in [6.45, 7) is 4.15. The van der Waals surface area contributed by atoms with E-state index in [0.29, 0.717) is 38.7 Å². The van der Waals surface area contributed by atoms with Crippen LogP contribution in [0.3, 0.4) is 0 Å². The standard InChI is InChI=1S/C37H35N3O5S/c1-6-44-36(42)33-23(2)38-37-40(34(33)26-15-17-28(18-16-26)39(3)4)35(41)32(46-37)21-24-14-19-30(31(20-24)43-5)45-22-27-12-9-11-25-10-7-8-13-29(25)27/h7-21,34H,6,22H2,1-5H3/b32-21-/t34-/m0/s1. The maximum absolute atomic E-state index is 14.0. The number of carbonyl (C=O) groups is 1. The molecule has 0 unspecified atom stereocenters. The number of aromatic nitrogens is 1. The summed E-state index contributed by atoms with van der Waals surface area (Å²) in [5.74, 6) is 0.675. The molecule has 0 radical (unpaired) electrons. The Morgan fingerprint density at radius 1 is 1.00 bits per heavy atom. The van der Waals surface area contributed by atoms with E-state index in [1.54, 1.807) is 25.5 Å². The van der Waals surface area contributed by atoms with Crippen LogP contribution in [0, 0.1) is 0 Å². The second-order valence-electron chi connectivity index (χ2n) is 11.1. The van der Waals surface area contributed by atoms with Gasteiger partial charge in [-0.2, -0.15) is 0 Å². The molecule has 0 bridgehead atoms. The smallest absolute Gasteiger partial charge is 0.338 e. The van der Waals surface area contributed by atoms with Crippen molar-refractivity contribution in [1.82, 2.24) is 4.57 Å². The maximum Gasteiger partial charge on any atom is 0.338 e. The fraction of sp³-hybridized carbons (Fsp3) is 0.216. The SMILES string of the molecule is CCOC(=O)C1=C(C)N=c2s/c(=C\c3ccc(OCc4cccc5ccccc45)c(OC)c3)c(=O)n2[C@H]1c1ccc(N(C)C)cc1. The molecular formula is C37H35N3O5S. The van der Waals surface area contributed by atoms with Gasteiger partial charge in [0.15, 0.2) is 16.3 Å². The topological polar surface area (TPSA) is 82.4 Å². The number of nitrogens with zero attached hydrogens (tertiary/aromatic N) is 3. The van der Waals surface area contributed by atoms with Gasteiger partial charge in [0, 0.05) is 19.8 Å². The lowest BCUT2D eigenvalue weighted by Gasteiger charge is -2.25. The number of esters is 1. The van der Waals surface area contributed by atoms with Crippen LogP contribution in [0.5, 0.6) is 11.5 Å². The lowest BCUT2D eigenvalue weighted by atomic mass is 9.95. The fourth-order valence-electron chi connectivity index (χ4n) is 5.68. The Bertz CT molecular complexity index is 2140. The van der Waals surface area contributed by atoms with Crippen LogP contribution in [0.1, 0.15) is 36.6 Å². The van der Waals surface area contributed by atoms with Crippen molar-refractivity contribution in [3.05, 3.63) is 133 Å². The minimum absolute atomic E-state index is 0.218. The second-order valence-corrected chi connectivity index (χ2v) is 12.1. The van der Waals surface area contributed by atoms with E-state index in [1.165, 1.54) is 11.3 Å². The molecule has 2 heterocycles. The highest BCUT2D eigenvalue weighted by Gasteiger charge is 2.33. The molecule has 5 aromatic rings. The van der Waals surface area contributed by atoms with Crippen molar-refractivity contribution in [3.8, 4) is 11.5 Å². The molecule has 234 valence electrons. The number of allylic oxidation sites excluding steroid dienone is 1. The number of hydrogen-bond donors (Lipinski definition) is 0. The average Bonchev–Trinajstić information content (AvgIpc) is 3.36. The van der Waals surface area contributed by atoms with Crippen molar-refractivity contribution < 1.29 is 19.0 Å². The molecule has 4 aromatic carbocycles. The van der Waals surface area contributed by atoms with Gasteiger partial charge in [-0.15, -0.1) is 0 Å². The zero-order chi connectivity index (χ0) is 32.4. The van der Waals surface area contributed by atoms with Gasteiger partial charge in [0.2, 0.25) is 0 Å². The third-order valence-corrected chi connectivity index (χ3v) is 8.97. The van der Waals surface area contributed by atoms with Gasteiger partial charge >= 0.3 is 5.97 Å². The van der Waals surface area contributed by atoms with Crippen LogP contribution in [0.2, 0.25) is 0 Å². The summed E-state index contributed by atoms with van der Waals surface area (Å²) >= 11 is 1.28. The van der Waals surface area contributed by atoms with Crippen molar-refractivity contribution >= 4 is 39.8 Å². The lowest BCUT2D eigenvalue weighted by Crippen LogP contribution is -2.39. The first kappa shape index (κ1) is 30.9. The quantitative estimate of drug-likeness (QED) is 0.197. The molecule has 0 N–H and O–H groups in total. The zero-order valence-corrected chi connectivity index (χ0v) is 27.3. The first-order chi connectivity index (χ1) is 22.3. The normalized spacial score (nSPS) is 14.5. The predicted octanol–water partition coefficient (Wildman–Crippen LogP) is 5.61. The number of carbonyl (C=O) groups excluding carboxylic acids is 1. The van der Waals surface area contributed by atoms with Gasteiger partial charge in [-0.05, 0) is 71.7 Å². The summed E-state index contributed by atoms with van der Waals surface area (Å²) in [7, 11) is 5.52. The van der Waals surface area contributed by atoms with E-state index in [0.717, 1.165) is 33.2 Å². The highest BCUT2D eigenvalue weighted by Crippen LogP contribution is 2.32. The van der Waals surface area contributed by atoms with Gasteiger partial charge in [0.25, 0.3) is 5.56 Å². The summed E-state index contributed by atoms with van der Waals surface area (Å²) in [5.41, 5.74) is 4.30. The van der Waals surface area contributed by atoms with Gasteiger partial charge in [-0.25, -0.2) is 9.79 Å². The zero-order valence-electron chi connectivity index (χ0n) is 26.4. The highest BCUT2D eigenvalue weighted by molar-refractivity contribution is 7.07. The Balaban J connectivity index is 1.36. The second kappa shape index (κ2) is 13.1. The van der Waals surface area contributed by atoms with E-state index < -0.39 is 12.0 Å². The molecule has 8 nitrogen and oxygen atoms in total. The van der Waals surface area contributed by atoms with Gasteiger partial charge in [0.1, 0.15) is 6.61 Å². The minimum atomic E-state index is -0.673. The Morgan fingerprint density at radius 2 is 1.76 bits per heavy atom. The molecule has 0 saturated carbocycles. The van der Waals surface area contributed by atoms with Crippen molar-refractivity contribution in [2.24, 2.45) is 4.99 Å². The monoisotopic (exact) mass is 633 g/mol. The maximum atomic E-state index is 14.0. The van der Waals surface area contributed by atoms with E-state index in [2.05, 4.69) is 29.3 Å². The number of hydrogen-bond acceptors (Lipinski definition) is 8. The number of anilines is 1. The molecule has 1 aliphatic rings. The Labute approximate surface area is 271 Å². The molecule has 46 heavy (non-hydrogen) atoms. The third-order valence-electron chi connectivity index (χ3n) is 7.99. The molecule has 6 rings (SSSR count). The Kier molecular flexibility index (Phi) is 8.76. The Morgan fingerprint density at radius 3 is 2.50 bits per heavy atom. The van der Waals surface area contributed by atoms with E-state index in [4.69, 9.17) is 14.2 Å². The van der Waals surface area contributed by atoms with Crippen LogP contribution < -0.4 is 29.3 Å². The van der Waals surface area contributed by atoms with Crippen LogP contribution in [0.15, 0.2) is 106 Å². The first-order valence-corrected chi connectivity index (χ1v) is 15.8. The molecule has 0 amide bonds. The fourth-order valence-corrected chi connectivity index (χ4v) is 6.73. The molecular weight excluding hydrogens is 598 g/mol. The molecule has 1 aromatic heterocycles. The molecule has 0 fully saturated rings. The largest absolute Gasteiger partial charge is 0.493 e. The molecule has 0 spiro atoms. The van der Waals surface area contributed by atoms with E-state index in [9.17, 15) is 9.59 Å². The number of methoxy groups -OCH3 is 1. The molecule has 1 aliphatic heterocycles. The summed E-state index contributed by atoms with van der Waals surface area (Å²) in [4.78, 5) is 34.4. The average molecular weight is 634 g/mol. The Hall–Kier alpha value is -5.15. The predicted molar refractivity (Wildman–Crippen MR) is 182 cm³/mol. The lowest BCUT2D eigenvalue weighted by molar-refractivity contribution is -0.139. The van der Waals surface area contributed by atoms with Gasteiger partial charge in [-0.1, -0.05) is 72.0 Å². The highest BCUT2D eigenvalue weighted by atomic mass is 32.1. The minimum Gasteiger partial charge on any atom is -0.493 e. The number of thiazole rings is 1. The van der Waals surface area contributed by atoms with Crippen molar-refractivity contribution in [2.45, 2.75) is 26.5 Å². The van der Waals surface area contributed by atoms with Crippen LogP contribution in [0.4, 0.5) is 5.69 Å². The first-order valence-electron chi connectivity index (χ1n) is 15.0. The molecule has 9 heteroatoms. The summed E-state index contributed by atoms with van der Waals surface area (Å²) in [6, 6.07) is 27.1. The van der Waals surface area contributed by atoms with Gasteiger partial charge in [0.05, 0.1) is 35.6 Å². The number of rotatable bonds is 9. The van der Waals surface area contributed by atoms with E-state index >= 15 is 0 Å². The van der Waals surface area contributed by atoms with Crippen LogP contribution in [-0.2, 0) is 16.1 Å². The van der Waals surface area contributed by atoms with Crippen LogP contribution >= 0.6 is 11.3 Å². The van der Waals surface area contributed by atoms with Crippen LogP contribution in [0.25, 0.3) is 16.8 Å². The van der Waals surface area contributed by atoms with Crippen molar-refractivity contribution in [2.75, 3.05) is 32.7 Å². The number of benzene rings is 4. The molecule has 0 aliphatic carbocycles. The van der Waals surface area contributed by atoms with Crippen molar-refractivity contribution in [1.29, 1.82) is 0 Å². The summed E-state index contributed by atoms with van der Waals surface area (Å²) in [5, 5.41) is 2.30. The molecule has 1 atom stereocenters. The number of fused-ring (bicyclic) bond motifs is 2. The number of ether oxygens (including phenoxy) is 3. The third kappa shape index (κ3) is 5.93. The van der Waals surface area contributed by atoms with Crippen LogP contribution in [-0.4, -0.2) is 38.3 Å².